The molecule has 1 fully saturated rings. The lowest BCUT2D eigenvalue weighted by atomic mass is 9.93. The predicted molar refractivity (Wildman–Crippen MR) is 88.3 cm³/mol. The smallest absolute Gasteiger partial charge is 0.419 e. The van der Waals surface area contributed by atoms with Gasteiger partial charge in [0, 0.05) is 13.0 Å². The summed E-state index contributed by atoms with van der Waals surface area (Å²) in [5.74, 6) is 0.199. The van der Waals surface area contributed by atoms with Crippen molar-refractivity contribution in [3.05, 3.63) is 47.8 Å². The Labute approximate surface area is 153 Å². The Kier molecular flexibility index (Phi) is 4.33. The largest absolute Gasteiger partial charge is 0.487 e. The van der Waals surface area contributed by atoms with Crippen molar-refractivity contribution in [3.8, 4) is 5.75 Å². The van der Waals surface area contributed by atoms with E-state index in [0.717, 1.165) is 0 Å². The third-order valence-electron chi connectivity index (χ3n) is 4.90. The predicted octanol–water partition coefficient (Wildman–Crippen LogP) is 2.64. The number of amides is 1. The molecule has 9 heteroatoms. The fraction of sp³-hybridized carbons (Fsp3) is 0.444. The lowest BCUT2D eigenvalue weighted by molar-refractivity contribution is -0.327. The van der Waals surface area contributed by atoms with Gasteiger partial charge in [-0.15, -0.1) is 0 Å². The number of rotatable bonds is 5. The van der Waals surface area contributed by atoms with Crippen LogP contribution in [0.4, 0.5) is 13.2 Å². The van der Waals surface area contributed by atoms with Crippen LogP contribution in [0.25, 0.3) is 0 Å². The second-order valence-electron chi connectivity index (χ2n) is 6.66. The summed E-state index contributed by atoms with van der Waals surface area (Å²) in [4.78, 5) is 13.9. The van der Waals surface area contributed by atoms with Crippen molar-refractivity contribution in [2.45, 2.75) is 31.3 Å². The van der Waals surface area contributed by atoms with Crippen LogP contribution in [0.5, 0.6) is 5.75 Å². The number of nitrogens with zero attached hydrogens (tertiary/aromatic N) is 3. The van der Waals surface area contributed by atoms with Gasteiger partial charge < -0.3 is 14.4 Å². The highest BCUT2D eigenvalue weighted by molar-refractivity contribution is 5.93. The molecule has 1 aromatic carbocycles. The summed E-state index contributed by atoms with van der Waals surface area (Å²) in [6.45, 7) is 0.234. The fourth-order valence-corrected chi connectivity index (χ4v) is 3.28. The van der Waals surface area contributed by atoms with Gasteiger partial charge in [0.1, 0.15) is 23.7 Å². The molecule has 0 unspecified atom stereocenters. The summed E-state index contributed by atoms with van der Waals surface area (Å²) in [7, 11) is 0. The molecule has 4 rings (SSSR count). The number of benzene rings is 1. The Hall–Kier alpha value is -2.55. The van der Waals surface area contributed by atoms with Crippen molar-refractivity contribution in [2.75, 3.05) is 19.7 Å². The molecule has 0 saturated carbocycles. The van der Waals surface area contributed by atoms with Crippen LogP contribution < -0.4 is 4.74 Å². The first-order valence-electron chi connectivity index (χ1n) is 8.62. The van der Waals surface area contributed by atoms with Crippen molar-refractivity contribution in [1.29, 1.82) is 0 Å². The summed E-state index contributed by atoms with van der Waals surface area (Å²) >= 11 is 0. The molecule has 0 spiro atoms. The number of carbonyl (C=O) groups is 1. The van der Waals surface area contributed by atoms with Gasteiger partial charge in [-0.2, -0.15) is 18.3 Å². The highest BCUT2D eigenvalue weighted by atomic mass is 19.4. The van der Waals surface area contributed by atoms with Crippen molar-refractivity contribution < 1.29 is 27.4 Å². The molecule has 3 heterocycles. The maximum atomic E-state index is 13.3. The molecular weight excluding hydrogens is 363 g/mol. The Bertz CT molecular complexity index is 831. The van der Waals surface area contributed by atoms with E-state index >= 15 is 0 Å². The Balaban J connectivity index is 1.45. The number of carbonyl (C=O) groups excluding carboxylic acids is 1. The molecule has 2 aliphatic heterocycles. The third kappa shape index (κ3) is 3.27. The lowest BCUT2D eigenvalue weighted by Crippen LogP contribution is -2.63. The summed E-state index contributed by atoms with van der Waals surface area (Å²) in [5.41, 5.74) is -1.43. The second kappa shape index (κ2) is 6.56. The van der Waals surface area contributed by atoms with Gasteiger partial charge in [0.15, 0.2) is 5.60 Å². The van der Waals surface area contributed by atoms with Gasteiger partial charge in [-0.3, -0.25) is 9.48 Å². The summed E-state index contributed by atoms with van der Waals surface area (Å²) < 4.78 is 51.9. The third-order valence-corrected chi connectivity index (χ3v) is 4.90. The van der Waals surface area contributed by atoms with Crippen molar-refractivity contribution in [3.63, 3.8) is 0 Å². The molecule has 1 amide bonds. The van der Waals surface area contributed by atoms with Crippen LogP contribution in [0.3, 0.4) is 0 Å². The Morgan fingerprint density at radius 3 is 2.59 bits per heavy atom. The molecule has 1 saturated heterocycles. The average Bonchev–Trinajstić information content (AvgIpc) is 3.02. The molecule has 0 N–H and O–H groups in total. The molecule has 0 bridgehead atoms. The van der Waals surface area contributed by atoms with E-state index in [9.17, 15) is 18.0 Å². The van der Waals surface area contributed by atoms with Crippen LogP contribution >= 0.6 is 0 Å². The second-order valence-corrected chi connectivity index (χ2v) is 6.66. The first kappa shape index (κ1) is 17.8. The number of alkyl halides is 3. The molecule has 0 aliphatic carbocycles. The Morgan fingerprint density at radius 1 is 1.22 bits per heavy atom. The van der Waals surface area contributed by atoms with Crippen LogP contribution in [-0.2, 0) is 17.9 Å². The van der Waals surface area contributed by atoms with Crippen molar-refractivity contribution in [1.82, 2.24) is 14.7 Å². The van der Waals surface area contributed by atoms with E-state index in [0.29, 0.717) is 18.0 Å². The maximum absolute atomic E-state index is 13.3. The van der Waals surface area contributed by atoms with Gasteiger partial charge in [-0.05, 0) is 18.2 Å². The van der Waals surface area contributed by atoms with Crippen LogP contribution in [-0.4, -0.2) is 52.1 Å². The monoisotopic (exact) mass is 381 g/mol. The minimum atomic E-state index is -4.50. The van der Waals surface area contributed by atoms with Gasteiger partial charge in [-0.1, -0.05) is 18.2 Å². The quantitative estimate of drug-likeness (QED) is 0.799. The average molecular weight is 381 g/mol. The standard InChI is InChI=1S/C18H18F3N3O3/c19-18(20,21)17(6-9-27-17)12-23-7-8-24-15(16(23)25)10-13(22-24)11-26-14-4-2-1-3-5-14/h1-5,10H,6-9,11-12H2/t17-/m0/s1. The number of para-hydroxylation sites is 1. The number of hydrogen-bond acceptors (Lipinski definition) is 4. The molecule has 2 aromatic rings. The highest BCUT2D eigenvalue weighted by Gasteiger charge is 2.61. The lowest BCUT2D eigenvalue weighted by Gasteiger charge is -2.46. The van der Waals surface area contributed by atoms with E-state index < -0.39 is 24.2 Å². The van der Waals surface area contributed by atoms with Crippen molar-refractivity contribution >= 4 is 5.91 Å². The highest BCUT2D eigenvalue weighted by Crippen LogP contribution is 2.43. The van der Waals surface area contributed by atoms with Crippen LogP contribution in [0, 0.1) is 0 Å². The van der Waals surface area contributed by atoms with E-state index in [1.807, 2.05) is 18.2 Å². The van der Waals surface area contributed by atoms with Gasteiger partial charge in [-0.25, -0.2) is 0 Å². The summed E-state index contributed by atoms with van der Waals surface area (Å²) in [6, 6.07) is 10.7. The zero-order valence-corrected chi connectivity index (χ0v) is 14.4. The first-order valence-corrected chi connectivity index (χ1v) is 8.62. The van der Waals surface area contributed by atoms with Crippen molar-refractivity contribution in [2.24, 2.45) is 0 Å². The minimum absolute atomic E-state index is 0.0560. The van der Waals surface area contributed by atoms with Crippen LogP contribution in [0.2, 0.25) is 0 Å². The minimum Gasteiger partial charge on any atom is -0.487 e. The zero-order valence-electron chi connectivity index (χ0n) is 14.4. The number of halogens is 3. The van der Waals surface area contributed by atoms with Crippen LogP contribution in [0.1, 0.15) is 22.6 Å². The number of ether oxygens (including phenoxy) is 2. The van der Waals surface area contributed by atoms with E-state index in [2.05, 4.69) is 5.10 Å². The zero-order chi connectivity index (χ0) is 19.1. The van der Waals surface area contributed by atoms with Crippen LogP contribution in [0.15, 0.2) is 36.4 Å². The first-order chi connectivity index (χ1) is 12.9. The molecule has 144 valence electrons. The van der Waals surface area contributed by atoms with Gasteiger partial charge in [0.05, 0.1) is 19.7 Å². The van der Waals surface area contributed by atoms with E-state index in [-0.39, 0.29) is 31.9 Å². The number of hydrogen-bond donors (Lipinski definition) is 0. The molecule has 6 nitrogen and oxygen atoms in total. The van der Waals surface area contributed by atoms with Gasteiger partial charge >= 0.3 is 6.18 Å². The van der Waals surface area contributed by atoms with Gasteiger partial charge in [0.2, 0.25) is 0 Å². The number of aromatic nitrogens is 2. The normalized spacial score (nSPS) is 22.3. The van der Waals surface area contributed by atoms with E-state index in [1.54, 1.807) is 18.2 Å². The Morgan fingerprint density at radius 2 is 1.96 bits per heavy atom. The maximum Gasteiger partial charge on any atom is 0.419 e. The molecular formula is C18H18F3N3O3. The van der Waals surface area contributed by atoms with Gasteiger partial charge in [0.25, 0.3) is 5.91 Å². The summed E-state index contributed by atoms with van der Waals surface area (Å²) in [6.07, 6.45) is -4.63. The SMILES string of the molecule is O=C1c2cc(COc3ccccc3)nn2CCN1C[C@]1(C(F)(F)F)CCO1. The fourth-order valence-electron chi connectivity index (χ4n) is 3.28. The van der Waals surface area contributed by atoms with E-state index in [1.165, 1.54) is 9.58 Å². The molecule has 2 aliphatic rings. The molecule has 1 aromatic heterocycles. The summed E-state index contributed by atoms with van der Waals surface area (Å²) in [5, 5.41) is 4.32. The molecule has 27 heavy (non-hydrogen) atoms. The topological polar surface area (TPSA) is 56.6 Å². The molecule has 1 atom stereocenters. The number of fused-ring (bicyclic) bond motifs is 1. The molecule has 0 radical (unpaired) electrons. The van der Waals surface area contributed by atoms with E-state index in [4.69, 9.17) is 9.47 Å².